The molecule has 0 aliphatic carbocycles. The summed E-state index contributed by atoms with van der Waals surface area (Å²) < 4.78 is 0.600. The van der Waals surface area contributed by atoms with E-state index in [4.69, 9.17) is 28.3 Å². The number of carboxylic acid groups (broad SMARTS) is 1. The van der Waals surface area contributed by atoms with Crippen molar-refractivity contribution in [3.05, 3.63) is 26.7 Å². The van der Waals surface area contributed by atoms with Crippen LogP contribution in [0.5, 0.6) is 0 Å². The number of aliphatic carboxylic acids is 1. The summed E-state index contributed by atoms with van der Waals surface area (Å²) in [5.74, 6) is -0.457. The largest absolute Gasteiger partial charge is 0.480 e. The van der Waals surface area contributed by atoms with Crippen LogP contribution in [0.25, 0.3) is 0 Å². The van der Waals surface area contributed by atoms with Crippen molar-refractivity contribution < 1.29 is 14.7 Å². The number of benzene rings is 1. The van der Waals surface area contributed by atoms with Gasteiger partial charge in [-0.1, -0.05) is 23.2 Å². The summed E-state index contributed by atoms with van der Waals surface area (Å²) >= 11 is 16.7. The molecule has 116 valence electrons. The summed E-state index contributed by atoms with van der Waals surface area (Å²) in [6, 6.07) is 1.59. The Kier molecular flexibility index (Phi) is 7.65. The van der Waals surface area contributed by atoms with E-state index in [9.17, 15) is 9.59 Å². The number of nitrogens with one attached hydrogen (secondary N) is 2. The summed E-state index contributed by atoms with van der Waals surface area (Å²) in [5.41, 5.74) is 0.302. The van der Waals surface area contributed by atoms with Crippen LogP contribution in [0.3, 0.4) is 0 Å². The SMILES string of the molecule is CSCC[C@H](NC(=O)Nc1ccc(Br)c(Cl)c1Cl)C(=O)O. The molecule has 0 radical (unpaired) electrons. The molecule has 0 aliphatic rings. The standard InChI is InChI=1S/C12H13BrCl2N2O3S/c1-21-5-4-8(11(18)19)17-12(20)16-7-3-2-6(13)9(14)10(7)15/h2-3,8H,4-5H2,1H3,(H,18,19)(H2,16,17,20)/t8-/m0/s1. The van der Waals surface area contributed by atoms with E-state index in [0.717, 1.165) is 0 Å². The van der Waals surface area contributed by atoms with Crippen LogP contribution in [0.15, 0.2) is 16.6 Å². The van der Waals surface area contributed by atoms with Gasteiger partial charge in [0.2, 0.25) is 0 Å². The Morgan fingerprint density at radius 1 is 1.38 bits per heavy atom. The van der Waals surface area contributed by atoms with Crippen molar-refractivity contribution in [2.75, 3.05) is 17.3 Å². The molecule has 0 bridgehead atoms. The van der Waals surface area contributed by atoms with Crippen molar-refractivity contribution in [1.82, 2.24) is 5.32 Å². The summed E-state index contributed by atoms with van der Waals surface area (Å²) in [7, 11) is 0. The van der Waals surface area contributed by atoms with E-state index in [-0.39, 0.29) is 10.0 Å². The van der Waals surface area contributed by atoms with Crippen molar-refractivity contribution >= 4 is 68.6 Å². The van der Waals surface area contributed by atoms with Crippen molar-refractivity contribution in [3.8, 4) is 0 Å². The molecule has 0 aromatic heterocycles. The first-order valence-corrected chi connectivity index (χ1v) is 8.73. The Balaban J connectivity index is 2.72. The number of anilines is 1. The topological polar surface area (TPSA) is 78.4 Å². The van der Waals surface area contributed by atoms with E-state index >= 15 is 0 Å². The first kappa shape index (κ1) is 18.4. The van der Waals surface area contributed by atoms with Gasteiger partial charge in [0.05, 0.1) is 15.7 Å². The average molecular weight is 416 g/mol. The number of carbonyl (C=O) groups is 2. The van der Waals surface area contributed by atoms with Crippen molar-refractivity contribution in [2.24, 2.45) is 0 Å². The number of carbonyl (C=O) groups excluding carboxylic acids is 1. The van der Waals surface area contributed by atoms with Gasteiger partial charge in [0.25, 0.3) is 0 Å². The zero-order chi connectivity index (χ0) is 16.0. The third kappa shape index (κ3) is 5.58. The molecule has 1 aromatic rings. The van der Waals surface area contributed by atoms with Gasteiger partial charge in [0.1, 0.15) is 6.04 Å². The van der Waals surface area contributed by atoms with E-state index in [1.165, 1.54) is 11.8 Å². The molecule has 0 spiro atoms. The lowest BCUT2D eigenvalue weighted by atomic mass is 10.2. The third-order valence-electron chi connectivity index (χ3n) is 2.50. The van der Waals surface area contributed by atoms with Crippen LogP contribution >= 0.6 is 50.9 Å². The van der Waals surface area contributed by atoms with Gasteiger partial charge in [-0.15, -0.1) is 0 Å². The molecule has 1 rings (SSSR count). The van der Waals surface area contributed by atoms with Crippen LogP contribution in [0.4, 0.5) is 10.5 Å². The number of hydrogen-bond acceptors (Lipinski definition) is 3. The average Bonchev–Trinajstić information content (AvgIpc) is 2.43. The Morgan fingerprint density at radius 3 is 2.62 bits per heavy atom. The molecule has 0 heterocycles. The maximum Gasteiger partial charge on any atom is 0.326 e. The second kappa shape index (κ2) is 8.73. The quantitative estimate of drug-likeness (QED) is 0.611. The van der Waals surface area contributed by atoms with E-state index in [2.05, 4.69) is 26.6 Å². The van der Waals surface area contributed by atoms with Gasteiger partial charge in [-0.25, -0.2) is 9.59 Å². The lowest BCUT2D eigenvalue weighted by Crippen LogP contribution is -2.43. The van der Waals surface area contributed by atoms with Crippen LogP contribution in [-0.2, 0) is 4.79 Å². The fourth-order valence-electron chi connectivity index (χ4n) is 1.43. The minimum absolute atomic E-state index is 0.178. The molecule has 9 heteroatoms. The highest BCUT2D eigenvalue weighted by atomic mass is 79.9. The molecule has 0 fully saturated rings. The molecule has 1 aromatic carbocycles. The Hall–Kier alpha value is -0.630. The number of thioether (sulfide) groups is 1. The fourth-order valence-corrected chi connectivity index (χ4v) is 2.72. The number of hydrogen-bond donors (Lipinski definition) is 3. The van der Waals surface area contributed by atoms with Gasteiger partial charge in [0, 0.05) is 4.47 Å². The second-order valence-electron chi connectivity index (χ2n) is 3.99. The minimum atomic E-state index is -1.08. The van der Waals surface area contributed by atoms with Gasteiger partial charge >= 0.3 is 12.0 Å². The van der Waals surface area contributed by atoms with Crippen LogP contribution in [0, 0.1) is 0 Å². The first-order chi connectivity index (χ1) is 9.86. The van der Waals surface area contributed by atoms with Crippen LogP contribution in [0.2, 0.25) is 10.0 Å². The molecule has 21 heavy (non-hydrogen) atoms. The molecule has 1 atom stereocenters. The van der Waals surface area contributed by atoms with Gasteiger partial charge in [0.15, 0.2) is 0 Å². The van der Waals surface area contributed by atoms with Gasteiger partial charge < -0.3 is 15.7 Å². The van der Waals surface area contributed by atoms with E-state index in [1.54, 1.807) is 12.1 Å². The van der Waals surface area contributed by atoms with Gasteiger partial charge in [-0.05, 0) is 46.5 Å². The maximum absolute atomic E-state index is 11.8. The first-order valence-electron chi connectivity index (χ1n) is 5.79. The lowest BCUT2D eigenvalue weighted by molar-refractivity contribution is -0.139. The summed E-state index contributed by atoms with van der Waals surface area (Å²) in [4.78, 5) is 22.9. The number of halogens is 3. The fraction of sp³-hybridized carbons (Fsp3) is 0.333. The minimum Gasteiger partial charge on any atom is -0.480 e. The Morgan fingerprint density at radius 2 is 2.05 bits per heavy atom. The lowest BCUT2D eigenvalue weighted by Gasteiger charge is -2.15. The molecule has 0 saturated heterocycles. The molecule has 5 nitrogen and oxygen atoms in total. The van der Waals surface area contributed by atoms with Crippen LogP contribution in [0.1, 0.15) is 6.42 Å². The second-order valence-corrected chi connectivity index (χ2v) is 6.59. The monoisotopic (exact) mass is 414 g/mol. The predicted molar refractivity (Wildman–Crippen MR) is 90.7 cm³/mol. The van der Waals surface area contributed by atoms with E-state index < -0.39 is 18.0 Å². The summed E-state index contributed by atoms with van der Waals surface area (Å²) in [6.07, 6.45) is 2.20. The zero-order valence-electron chi connectivity index (χ0n) is 11.0. The third-order valence-corrected chi connectivity index (χ3v) is 4.91. The van der Waals surface area contributed by atoms with Crippen LogP contribution < -0.4 is 10.6 Å². The maximum atomic E-state index is 11.8. The van der Waals surface area contributed by atoms with Crippen LogP contribution in [-0.4, -0.2) is 35.2 Å². The highest BCUT2D eigenvalue weighted by Crippen LogP contribution is 2.35. The smallest absolute Gasteiger partial charge is 0.326 e. The molecular formula is C12H13BrCl2N2O3S. The molecule has 0 aliphatic heterocycles. The van der Waals surface area contributed by atoms with E-state index in [1.807, 2.05) is 6.26 Å². The number of urea groups is 1. The number of carboxylic acids is 1. The normalized spacial score (nSPS) is 11.8. The van der Waals surface area contributed by atoms with Crippen molar-refractivity contribution in [3.63, 3.8) is 0 Å². The van der Waals surface area contributed by atoms with Crippen molar-refractivity contribution in [2.45, 2.75) is 12.5 Å². The van der Waals surface area contributed by atoms with E-state index in [0.29, 0.717) is 22.3 Å². The molecular weight excluding hydrogens is 403 g/mol. The molecule has 0 unspecified atom stereocenters. The van der Waals surface area contributed by atoms with Crippen molar-refractivity contribution in [1.29, 1.82) is 0 Å². The predicted octanol–water partition coefficient (Wildman–Crippen LogP) is 4.08. The summed E-state index contributed by atoms with van der Waals surface area (Å²) in [6.45, 7) is 0. The number of amides is 2. The highest BCUT2D eigenvalue weighted by Gasteiger charge is 2.20. The van der Waals surface area contributed by atoms with Gasteiger partial charge in [-0.3, -0.25) is 0 Å². The van der Waals surface area contributed by atoms with Gasteiger partial charge in [-0.2, -0.15) is 11.8 Å². The molecule has 3 N–H and O–H groups in total. The molecule has 2 amide bonds. The Bertz CT molecular complexity index is 545. The molecule has 0 saturated carbocycles. The highest BCUT2D eigenvalue weighted by molar-refractivity contribution is 9.10. The summed E-state index contributed by atoms with van der Waals surface area (Å²) in [5, 5.41) is 14.4. The zero-order valence-corrected chi connectivity index (χ0v) is 14.9. The number of rotatable bonds is 6. The Labute approximate surface area is 144 Å².